The fourth-order valence-corrected chi connectivity index (χ4v) is 1.28. The average Bonchev–Trinajstić information content (AvgIpc) is 2.22. The Hall–Kier alpha value is -1.68. The van der Waals surface area contributed by atoms with E-state index in [9.17, 15) is 9.59 Å². The van der Waals surface area contributed by atoms with E-state index in [1.165, 1.54) is 13.0 Å². The van der Waals surface area contributed by atoms with E-state index in [0.717, 1.165) is 0 Å². The van der Waals surface area contributed by atoms with E-state index in [1.54, 1.807) is 18.2 Å². The first kappa shape index (κ1) is 12.4. The van der Waals surface area contributed by atoms with Crippen LogP contribution in [0, 0.1) is 0 Å². The highest BCUT2D eigenvalue weighted by atomic mass is 35.5. The molecule has 0 atom stereocenters. The molecule has 0 saturated carbocycles. The van der Waals surface area contributed by atoms with Crippen molar-refractivity contribution < 1.29 is 14.4 Å². The second-order valence-electron chi connectivity index (χ2n) is 2.89. The molecule has 0 radical (unpaired) electrons. The van der Waals surface area contributed by atoms with Crippen LogP contribution < -0.4 is 5.48 Å². The summed E-state index contributed by atoms with van der Waals surface area (Å²) < 4.78 is 0. The molecule has 0 saturated heterocycles. The molecule has 0 unspecified atom stereocenters. The topological polar surface area (TPSA) is 67.8 Å². The van der Waals surface area contributed by atoms with Gasteiger partial charge in [0.25, 0.3) is 0 Å². The van der Waals surface area contributed by atoms with Crippen molar-refractivity contribution in [2.75, 3.05) is 0 Å². The maximum atomic E-state index is 10.6. The monoisotopic (exact) mass is 240 g/mol. The van der Waals surface area contributed by atoms with Crippen molar-refractivity contribution in [3.8, 4) is 0 Å². The molecule has 0 aliphatic carbocycles. The molecule has 0 aliphatic heterocycles. The highest BCUT2D eigenvalue weighted by molar-refractivity contribution is 6.31. The Morgan fingerprint density at radius 3 is 3.00 bits per heavy atom. The summed E-state index contributed by atoms with van der Waals surface area (Å²) in [6.07, 6.45) is 1.42. The summed E-state index contributed by atoms with van der Waals surface area (Å²) in [6.45, 7) is 1.34. The number of nitrogens with one attached hydrogen (secondary N) is 1. The van der Waals surface area contributed by atoms with Crippen molar-refractivity contribution in [1.29, 1.82) is 0 Å². The van der Waals surface area contributed by atoms with Gasteiger partial charge in [-0.15, -0.1) is 0 Å². The van der Waals surface area contributed by atoms with Crippen LogP contribution in [0.2, 0.25) is 5.02 Å². The number of rotatable bonds is 4. The van der Waals surface area contributed by atoms with Gasteiger partial charge in [-0.05, 0) is 12.1 Å². The molecule has 0 heterocycles. The van der Waals surface area contributed by atoms with Crippen molar-refractivity contribution in [2.24, 2.45) is 4.99 Å². The van der Waals surface area contributed by atoms with E-state index in [2.05, 4.69) is 10.5 Å². The van der Waals surface area contributed by atoms with Crippen molar-refractivity contribution >= 4 is 29.3 Å². The molecule has 1 aromatic carbocycles. The van der Waals surface area contributed by atoms with E-state index < -0.39 is 0 Å². The first-order chi connectivity index (χ1) is 7.65. The van der Waals surface area contributed by atoms with Crippen molar-refractivity contribution in [3.05, 3.63) is 28.8 Å². The Morgan fingerprint density at radius 2 is 2.38 bits per heavy atom. The second-order valence-corrected chi connectivity index (χ2v) is 3.29. The first-order valence-corrected chi connectivity index (χ1v) is 4.76. The lowest BCUT2D eigenvalue weighted by atomic mass is 10.2. The smallest absolute Gasteiger partial charge is 0.240 e. The van der Waals surface area contributed by atoms with E-state index in [0.29, 0.717) is 16.3 Å². The zero-order valence-corrected chi connectivity index (χ0v) is 9.25. The third kappa shape index (κ3) is 3.47. The predicted molar refractivity (Wildman–Crippen MR) is 57.8 cm³/mol. The molecular weight excluding hydrogens is 232 g/mol. The Balaban J connectivity index is 2.84. The highest BCUT2D eigenvalue weighted by Crippen LogP contribution is 2.26. The van der Waals surface area contributed by atoms with E-state index in [4.69, 9.17) is 16.4 Å². The van der Waals surface area contributed by atoms with Gasteiger partial charge in [0, 0.05) is 17.5 Å². The van der Waals surface area contributed by atoms with Gasteiger partial charge >= 0.3 is 0 Å². The molecule has 16 heavy (non-hydrogen) atoms. The number of aliphatic imine (C=N–C) groups is 1. The molecule has 0 fully saturated rings. The summed E-state index contributed by atoms with van der Waals surface area (Å²) in [4.78, 5) is 29.1. The standard InChI is InChI=1S/C10H9ClN2O3/c1-7(15)13-16-5-8-9(11)3-2-4-10(8)12-6-14/h2-4H,5H2,1H3,(H,13,15). The van der Waals surface area contributed by atoms with Gasteiger partial charge in [0.05, 0.1) is 5.69 Å². The van der Waals surface area contributed by atoms with E-state index in [-0.39, 0.29) is 12.5 Å². The number of benzene rings is 1. The van der Waals surface area contributed by atoms with Crippen LogP contribution in [-0.2, 0) is 21.0 Å². The minimum absolute atomic E-state index is 0.0275. The number of hydrogen-bond donors (Lipinski definition) is 1. The summed E-state index contributed by atoms with van der Waals surface area (Å²) >= 11 is 5.90. The third-order valence-corrected chi connectivity index (χ3v) is 2.05. The van der Waals surface area contributed by atoms with Crippen LogP contribution in [0.4, 0.5) is 5.69 Å². The minimum Gasteiger partial charge on any atom is -0.273 e. The Labute approximate surface area is 97.0 Å². The number of carbonyl (C=O) groups is 1. The van der Waals surface area contributed by atoms with Crippen LogP contribution in [-0.4, -0.2) is 12.0 Å². The van der Waals surface area contributed by atoms with Gasteiger partial charge in [-0.2, -0.15) is 4.99 Å². The number of carbonyl (C=O) groups excluding carboxylic acids is 2. The molecule has 1 aromatic rings. The predicted octanol–water partition coefficient (Wildman–Crippen LogP) is 1.87. The molecule has 0 spiro atoms. The first-order valence-electron chi connectivity index (χ1n) is 4.38. The number of isocyanates is 1. The summed E-state index contributed by atoms with van der Waals surface area (Å²) in [5.41, 5.74) is 3.04. The Bertz CT molecular complexity index is 442. The number of halogens is 1. The van der Waals surface area contributed by atoms with Gasteiger partial charge < -0.3 is 0 Å². The summed E-state index contributed by atoms with van der Waals surface area (Å²) in [5.74, 6) is -0.326. The molecule has 6 heteroatoms. The summed E-state index contributed by atoms with van der Waals surface area (Å²) in [7, 11) is 0. The molecule has 84 valence electrons. The summed E-state index contributed by atoms with van der Waals surface area (Å²) in [6, 6.07) is 4.89. The van der Waals surface area contributed by atoms with E-state index in [1.807, 2.05) is 0 Å². The zero-order chi connectivity index (χ0) is 12.0. The van der Waals surface area contributed by atoms with Crippen LogP contribution in [0.1, 0.15) is 12.5 Å². The maximum Gasteiger partial charge on any atom is 0.240 e. The molecular formula is C10H9ClN2O3. The largest absolute Gasteiger partial charge is 0.273 e. The molecule has 0 bridgehead atoms. The molecule has 1 N–H and O–H groups in total. The van der Waals surface area contributed by atoms with Gasteiger partial charge in [0.15, 0.2) is 0 Å². The fraction of sp³-hybridized carbons (Fsp3) is 0.200. The van der Waals surface area contributed by atoms with Crippen LogP contribution in [0.5, 0.6) is 0 Å². The van der Waals surface area contributed by atoms with Crippen LogP contribution in [0.3, 0.4) is 0 Å². The molecule has 1 amide bonds. The third-order valence-electron chi connectivity index (χ3n) is 1.69. The quantitative estimate of drug-likeness (QED) is 0.496. The molecule has 5 nitrogen and oxygen atoms in total. The van der Waals surface area contributed by atoms with Crippen molar-refractivity contribution in [2.45, 2.75) is 13.5 Å². The van der Waals surface area contributed by atoms with Crippen molar-refractivity contribution in [1.82, 2.24) is 5.48 Å². The lowest BCUT2D eigenvalue weighted by Crippen LogP contribution is -2.19. The van der Waals surface area contributed by atoms with Gasteiger partial charge in [-0.1, -0.05) is 17.7 Å². The zero-order valence-electron chi connectivity index (χ0n) is 8.49. The maximum absolute atomic E-state index is 10.6. The minimum atomic E-state index is -0.326. The van der Waals surface area contributed by atoms with Crippen molar-refractivity contribution in [3.63, 3.8) is 0 Å². The number of hydrogen-bond acceptors (Lipinski definition) is 4. The number of nitrogens with zero attached hydrogens (tertiary/aromatic N) is 1. The lowest BCUT2D eigenvalue weighted by Gasteiger charge is -2.07. The van der Waals surface area contributed by atoms with Gasteiger partial charge in [-0.25, -0.2) is 10.3 Å². The van der Waals surface area contributed by atoms with Crippen LogP contribution in [0.25, 0.3) is 0 Å². The van der Waals surface area contributed by atoms with Crippen LogP contribution >= 0.6 is 11.6 Å². The summed E-state index contributed by atoms with van der Waals surface area (Å²) in [5, 5.41) is 0.404. The highest BCUT2D eigenvalue weighted by Gasteiger charge is 2.07. The number of amides is 1. The SMILES string of the molecule is CC(=O)NOCc1c(Cl)cccc1N=C=O. The van der Waals surface area contributed by atoms with Gasteiger partial charge in [0.2, 0.25) is 12.0 Å². The van der Waals surface area contributed by atoms with Gasteiger partial charge in [0.1, 0.15) is 6.61 Å². The van der Waals surface area contributed by atoms with Crippen LogP contribution in [0.15, 0.2) is 23.2 Å². The lowest BCUT2D eigenvalue weighted by molar-refractivity contribution is -0.132. The fourth-order valence-electron chi connectivity index (χ4n) is 1.05. The second kappa shape index (κ2) is 6.02. The molecule has 0 aliphatic rings. The van der Waals surface area contributed by atoms with E-state index >= 15 is 0 Å². The Kier molecular flexibility index (Phi) is 4.66. The average molecular weight is 241 g/mol. The molecule has 1 rings (SSSR count). The van der Waals surface area contributed by atoms with Gasteiger partial charge in [-0.3, -0.25) is 9.63 Å². The Morgan fingerprint density at radius 1 is 1.62 bits per heavy atom. The molecule has 0 aromatic heterocycles. The normalized spacial score (nSPS) is 9.38. The number of hydroxylamine groups is 1.